The molecule has 0 aliphatic carbocycles. The molecule has 3 nitrogen and oxygen atoms in total. The summed E-state index contributed by atoms with van der Waals surface area (Å²) in [6, 6.07) is 6.92. The molecule has 1 saturated heterocycles. The van der Waals surface area contributed by atoms with Gasteiger partial charge in [0, 0.05) is 24.6 Å². The first-order chi connectivity index (χ1) is 10.2. The van der Waals surface area contributed by atoms with Crippen molar-refractivity contribution in [1.82, 2.24) is 4.90 Å². The molecule has 22 heavy (non-hydrogen) atoms. The average molecular weight is 437 g/mol. The lowest BCUT2D eigenvalue weighted by Gasteiger charge is -2.31. The second kappa shape index (κ2) is 10.3. The monoisotopic (exact) mass is 437 g/mol. The first-order valence-electron chi connectivity index (χ1n) is 7.53. The van der Waals surface area contributed by atoms with Crippen LogP contribution in [0.5, 0.6) is 0 Å². The maximum atomic E-state index is 13.4. The minimum Gasteiger partial charge on any atom is -0.370 e. The minimum atomic E-state index is -0.129. The van der Waals surface area contributed by atoms with Crippen LogP contribution in [0.1, 0.15) is 25.3 Å². The molecule has 0 aromatic heterocycles. The largest absolute Gasteiger partial charge is 0.370 e. The fraction of sp³-hybridized carbons (Fsp3) is 0.562. The molecule has 0 amide bonds. The number of rotatable bonds is 5. The van der Waals surface area contributed by atoms with Crippen LogP contribution in [-0.2, 0) is 5.75 Å². The zero-order valence-electron chi connectivity index (χ0n) is 13.0. The van der Waals surface area contributed by atoms with Crippen LogP contribution in [0, 0.1) is 11.7 Å². The Balaban J connectivity index is 0.00000242. The summed E-state index contributed by atoms with van der Waals surface area (Å²) in [4.78, 5) is 6.60. The van der Waals surface area contributed by atoms with Crippen molar-refractivity contribution >= 4 is 41.7 Å². The molecule has 0 atom stereocenters. The molecule has 1 fully saturated rings. The SMILES string of the molecule is CC1CCN(C(N)=NCCSCc2ccccc2F)CC1.I. The van der Waals surface area contributed by atoms with Crippen molar-refractivity contribution in [2.45, 2.75) is 25.5 Å². The van der Waals surface area contributed by atoms with E-state index in [1.807, 2.05) is 12.1 Å². The van der Waals surface area contributed by atoms with Crippen LogP contribution >= 0.6 is 35.7 Å². The van der Waals surface area contributed by atoms with Crippen LogP contribution in [0.2, 0.25) is 0 Å². The second-order valence-corrected chi connectivity index (χ2v) is 6.66. The highest BCUT2D eigenvalue weighted by molar-refractivity contribution is 14.0. The standard InChI is InChI=1S/C16H24FN3S.HI/c1-13-6-9-20(10-7-13)16(18)19-8-11-21-12-14-4-2-3-5-15(14)17;/h2-5,13H,6-12H2,1H3,(H2,18,19);1H. The summed E-state index contributed by atoms with van der Waals surface area (Å²) >= 11 is 1.69. The van der Waals surface area contributed by atoms with Crippen molar-refractivity contribution in [3.8, 4) is 0 Å². The molecule has 6 heteroatoms. The van der Waals surface area contributed by atoms with Crippen molar-refractivity contribution in [3.63, 3.8) is 0 Å². The number of thioether (sulfide) groups is 1. The molecular weight excluding hydrogens is 412 g/mol. The number of guanidine groups is 1. The van der Waals surface area contributed by atoms with Gasteiger partial charge in [-0.3, -0.25) is 4.99 Å². The smallest absolute Gasteiger partial charge is 0.191 e. The lowest BCUT2D eigenvalue weighted by molar-refractivity contribution is 0.278. The number of aliphatic imine (C=N–C) groups is 1. The molecule has 0 bridgehead atoms. The van der Waals surface area contributed by atoms with E-state index in [2.05, 4.69) is 16.8 Å². The molecule has 1 aromatic carbocycles. The molecule has 2 N–H and O–H groups in total. The summed E-state index contributed by atoms with van der Waals surface area (Å²) < 4.78 is 13.4. The van der Waals surface area contributed by atoms with Gasteiger partial charge in [-0.15, -0.1) is 24.0 Å². The van der Waals surface area contributed by atoms with E-state index in [0.717, 1.165) is 30.3 Å². The third-order valence-corrected chi connectivity index (χ3v) is 4.82. The maximum absolute atomic E-state index is 13.4. The molecule has 1 heterocycles. The summed E-state index contributed by atoms with van der Waals surface area (Å²) in [7, 11) is 0. The van der Waals surface area contributed by atoms with Gasteiger partial charge in [-0.1, -0.05) is 25.1 Å². The zero-order chi connectivity index (χ0) is 15.1. The normalized spacial score (nSPS) is 16.5. The van der Waals surface area contributed by atoms with E-state index >= 15 is 0 Å². The number of likely N-dealkylation sites (tertiary alicyclic amines) is 1. The van der Waals surface area contributed by atoms with E-state index in [1.54, 1.807) is 17.8 Å². The van der Waals surface area contributed by atoms with Crippen LogP contribution in [0.3, 0.4) is 0 Å². The Kier molecular flexibility index (Phi) is 9.16. The highest BCUT2D eigenvalue weighted by Gasteiger charge is 2.16. The van der Waals surface area contributed by atoms with Crippen molar-refractivity contribution in [1.29, 1.82) is 0 Å². The molecule has 0 spiro atoms. The summed E-state index contributed by atoms with van der Waals surface area (Å²) in [5.74, 6) is 2.87. The molecule has 124 valence electrons. The Morgan fingerprint density at radius 2 is 2.05 bits per heavy atom. The van der Waals surface area contributed by atoms with E-state index in [9.17, 15) is 4.39 Å². The average Bonchev–Trinajstić information content (AvgIpc) is 2.49. The third-order valence-electron chi connectivity index (χ3n) is 3.83. The molecule has 2 rings (SSSR count). The number of nitrogens with zero attached hydrogens (tertiary/aromatic N) is 2. The van der Waals surface area contributed by atoms with Crippen LogP contribution in [-0.4, -0.2) is 36.2 Å². The van der Waals surface area contributed by atoms with E-state index in [4.69, 9.17) is 5.73 Å². The van der Waals surface area contributed by atoms with Crippen molar-refractivity contribution < 1.29 is 4.39 Å². The Hall–Kier alpha value is -0.500. The fourth-order valence-corrected chi connectivity index (χ4v) is 3.18. The van der Waals surface area contributed by atoms with Gasteiger partial charge in [0.05, 0.1) is 6.54 Å². The summed E-state index contributed by atoms with van der Waals surface area (Å²) in [5, 5.41) is 0. The van der Waals surface area contributed by atoms with Gasteiger partial charge in [0.25, 0.3) is 0 Å². The van der Waals surface area contributed by atoms with E-state index in [-0.39, 0.29) is 29.8 Å². The Bertz CT molecular complexity index is 476. The number of hydrogen-bond donors (Lipinski definition) is 1. The van der Waals surface area contributed by atoms with Gasteiger partial charge >= 0.3 is 0 Å². The number of piperidine rings is 1. The highest BCUT2D eigenvalue weighted by Crippen LogP contribution is 2.16. The van der Waals surface area contributed by atoms with Crippen molar-refractivity contribution in [2.75, 3.05) is 25.4 Å². The van der Waals surface area contributed by atoms with Gasteiger partial charge in [0.15, 0.2) is 5.96 Å². The predicted octanol–water partition coefficient (Wildman–Crippen LogP) is 3.72. The van der Waals surface area contributed by atoms with Gasteiger partial charge < -0.3 is 10.6 Å². The Labute approximate surface area is 154 Å². The number of benzene rings is 1. The number of halogens is 2. The van der Waals surface area contributed by atoms with E-state index in [1.165, 1.54) is 18.9 Å². The van der Waals surface area contributed by atoms with Crippen LogP contribution in [0.15, 0.2) is 29.3 Å². The van der Waals surface area contributed by atoms with Crippen LogP contribution < -0.4 is 5.73 Å². The predicted molar refractivity (Wildman–Crippen MR) is 104 cm³/mol. The molecule has 0 radical (unpaired) electrons. The molecule has 0 saturated carbocycles. The maximum Gasteiger partial charge on any atom is 0.191 e. The summed E-state index contributed by atoms with van der Waals surface area (Å²) in [6.45, 7) is 5.00. The Morgan fingerprint density at radius 3 is 2.73 bits per heavy atom. The van der Waals surface area contributed by atoms with Gasteiger partial charge in [0.2, 0.25) is 0 Å². The van der Waals surface area contributed by atoms with Gasteiger partial charge in [-0.25, -0.2) is 4.39 Å². The fourth-order valence-electron chi connectivity index (χ4n) is 2.36. The van der Waals surface area contributed by atoms with Crippen LogP contribution in [0.25, 0.3) is 0 Å². The van der Waals surface area contributed by atoms with E-state index in [0.29, 0.717) is 18.3 Å². The number of hydrogen-bond acceptors (Lipinski definition) is 2. The molecule has 0 unspecified atom stereocenters. The van der Waals surface area contributed by atoms with Crippen molar-refractivity contribution in [3.05, 3.63) is 35.6 Å². The molecule has 1 aliphatic heterocycles. The minimum absolute atomic E-state index is 0. The first-order valence-corrected chi connectivity index (χ1v) is 8.68. The van der Waals surface area contributed by atoms with E-state index < -0.39 is 0 Å². The lowest BCUT2D eigenvalue weighted by atomic mass is 10.00. The summed E-state index contributed by atoms with van der Waals surface area (Å²) in [6.07, 6.45) is 2.39. The highest BCUT2D eigenvalue weighted by atomic mass is 127. The molecule has 1 aromatic rings. The summed E-state index contributed by atoms with van der Waals surface area (Å²) in [5.41, 5.74) is 6.77. The Morgan fingerprint density at radius 1 is 1.36 bits per heavy atom. The third kappa shape index (κ3) is 6.32. The van der Waals surface area contributed by atoms with Crippen LogP contribution in [0.4, 0.5) is 4.39 Å². The quantitative estimate of drug-likeness (QED) is 0.331. The second-order valence-electron chi connectivity index (χ2n) is 5.55. The number of nitrogens with two attached hydrogens (primary N) is 1. The molecular formula is C16H25FIN3S. The zero-order valence-corrected chi connectivity index (χ0v) is 16.1. The first kappa shape index (κ1) is 19.5. The van der Waals surface area contributed by atoms with Gasteiger partial charge in [-0.05, 0) is 30.4 Å². The lowest BCUT2D eigenvalue weighted by Crippen LogP contribution is -2.42. The molecule has 1 aliphatic rings. The van der Waals surface area contributed by atoms with Gasteiger partial charge in [-0.2, -0.15) is 11.8 Å². The topological polar surface area (TPSA) is 41.6 Å². The van der Waals surface area contributed by atoms with Crippen molar-refractivity contribution in [2.24, 2.45) is 16.6 Å². The van der Waals surface area contributed by atoms with Gasteiger partial charge in [0.1, 0.15) is 5.82 Å².